The van der Waals surface area contributed by atoms with Crippen molar-refractivity contribution in [3.8, 4) is 33.6 Å². The number of likely N-dealkylation sites (tertiary alicyclic amines) is 2. The molecule has 3 unspecified atom stereocenters. The van der Waals surface area contributed by atoms with Gasteiger partial charge >= 0.3 is 12.2 Å². The number of hydrogen-bond acceptors (Lipinski definition) is 6. The Morgan fingerprint density at radius 1 is 0.943 bits per heavy atom. The zero-order valence-electron chi connectivity index (χ0n) is 30.2. The molecule has 0 aliphatic carbocycles. The van der Waals surface area contributed by atoms with Crippen LogP contribution in [0, 0.1) is 5.92 Å². The zero-order valence-corrected chi connectivity index (χ0v) is 30.2. The standard InChI is InChI=1S/C40H45N9O4/c1-23(2)31(47-39(50)53-4)19-44-38(41)48-15-5-6-34(48)36-42-21-33(46-36)30-14-13-28-17-27(11-12-29(28)18-30)25-7-9-26(10-8-25)32-20-43-37(45-32)35-16-24(3)22-49(35)40(51)52/h7-14,17-18,20-21,23,31,34-35H,3,5-6,15-16,19,22H2,1-2,4H3,(H2,41,44)(H,42,46)(H,43,45)(H,47,50)(H,51,52). The number of nitrogens with one attached hydrogen (secondary N) is 3. The Morgan fingerprint density at radius 3 is 2.21 bits per heavy atom. The van der Waals surface area contributed by atoms with Crippen molar-refractivity contribution in [1.82, 2.24) is 35.1 Å². The predicted octanol–water partition coefficient (Wildman–Crippen LogP) is 7.10. The number of carboxylic acid groups (broad SMARTS) is 1. The molecule has 5 aromatic rings. The van der Waals surface area contributed by atoms with Crippen LogP contribution in [0.2, 0.25) is 0 Å². The van der Waals surface area contributed by atoms with E-state index in [0.29, 0.717) is 31.3 Å². The van der Waals surface area contributed by atoms with E-state index < -0.39 is 12.2 Å². The topological polar surface area (TPSA) is 178 Å². The minimum absolute atomic E-state index is 0.0154. The second kappa shape index (κ2) is 14.9. The molecule has 2 aliphatic rings. The molecule has 7 rings (SSSR count). The second-order valence-electron chi connectivity index (χ2n) is 14.1. The van der Waals surface area contributed by atoms with E-state index in [9.17, 15) is 14.7 Å². The van der Waals surface area contributed by atoms with Gasteiger partial charge in [-0.25, -0.2) is 19.6 Å². The van der Waals surface area contributed by atoms with Gasteiger partial charge in [0, 0.05) is 18.7 Å². The molecule has 3 aromatic carbocycles. The number of hydrogen-bond donors (Lipinski definition) is 5. The lowest BCUT2D eigenvalue weighted by Crippen LogP contribution is -2.43. The van der Waals surface area contributed by atoms with Crippen LogP contribution in [0.5, 0.6) is 0 Å². The lowest BCUT2D eigenvalue weighted by atomic mass is 9.98. The van der Waals surface area contributed by atoms with Crippen LogP contribution in [0.1, 0.15) is 56.8 Å². The number of amides is 2. The first-order valence-corrected chi connectivity index (χ1v) is 17.9. The van der Waals surface area contributed by atoms with Gasteiger partial charge in [-0.15, -0.1) is 0 Å². The normalized spacial score (nSPS) is 18.3. The van der Waals surface area contributed by atoms with Gasteiger partial charge in [0.25, 0.3) is 0 Å². The summed E-state index contributed by atoms with van der Waals surface area (Å²) in [6.45, 7) is 9.48. The van der Waals surface area contributed by atoms with Crippen molar-refractivity contribution in [3.63, 3.8) is 0 Å². The molecule has 6 N–H and O–H groups in total. The molecule has 0 spiro atoms. The first-order valence-electron chi connectivity index (χ1n) is 17.9. The smallest absolute Gasteiger partial charge is 0.408 e. The maximum atomic E-state index is 11.8. The number of aromatic nitrogens is 4. The molecule has 53 heavy (non-hydrogen) atoms. The molecule has 0 saturated carbocycles. The largest absolute Gasteiger partial charge is 0.465 e. The van der Waals surface area contributed by atoms with Gasteiger partial charge in [-0.2, -0.15) is 0 Å². The summed E-state index contributed by atoms with van der Waals surface area (Å²) in [7, 11) is 1.35. The fourth-order valence-electron chi connectivity index (χ4n) is 7.23. The van der Waals surface area contributed by atoms with Gasteiger partial charge in [-0.3, -0.25) is 9.89 Å². The predicted molar refractivity (Wildman–Crippen MR) is 205 cm³/mol. The number of rotatable bonds is 9. The summed E-state index contributed by atoms with van der Waals surface area (Å²) < 4.78 is 4.77. The van der Waals surface area contributed by atoms with Gasteiger partial charge in [0.15, 0.2) is 5.96 Å². The number of ether oxygens (including phenoxy) is 1. The monoisotopic (exact) mass is 715 g/mol. The number of aromatic amines is 2. The Hall–Kier alpha value is -6.11. The van der Waals surface area contributed by atoms with Gasteiger partial charge in [0.2, 0.25) is 0 Å². The molecule has 13 heteroatoms. The molecule has 2 aliphatic heterocycles. The highest BCUT2D eigenvalue weighted by molar-refractivity contribution is 5.90. The van der Waals surface area contributed by atoms with Crippen molar-refractivity contribution in [1.29, 1.82) is 0 Å². The van der Waals surface area contributed by atoms with Crippen molar-refractivity contribution < 1.29 is 19.4 Å². The highest BCUT2D eigenvalue weighted by atomic mass is 16.5. The molecule has 13 nitrogen and oxygen atoms in total. The summed E-state index contributed by atoms with van der Waals surface area (Å²) in [6.07, 6.45) is 4.63. The van der Waals surface area contributed by atoms with E-state index in [-0.39, 0.29) is 24.0 Å². The highest BCUT2D eigenvalue weighted by Gasteiger charge is 2.34. The number of benzene rings is 3. The Morgan fingerprint density at radius 2 is 1.55 bits per heavy atom. The molecule has 2 fully saturated rings. The van der Waals surface area contributed by atoms with Gasteiger partial charge < -0.3 is 35.8 Å². The Bertz CT molecular complexity index is 2170. The van der Waals surface area contributed by atoms with Crippen molar-refractivity contribution >= 4 is 28.9 Å². The number of carbonyl (C=O) groups excluding carboxylic acids is 1. The van der Waals surface area contributed by atoms with Crippen LogP contribution in [0.15, 0.2) is 90.2 Å². The number of imidazole rings is 2. The first kappa shape index (κ1) is 35.3. The molecule has 2 saturated heterocycles. The number of nitrogens with zero attached hydrogens (tertiary/aromatic N) is 5. The number of methoxy groups -OCH3 is 1. The van der Waals surface area contributed by atoms with Crippen LogP contribution in [-0.2, 0) is 4.74 Å². The third-order valence-electron chi connectivity index (χ3n) is 10.3. The molecule has 3 atom stereocenters. The highest BCUT2D eigenvalue weighted by Crippen LogP contribution is 2.35. The number of aliphatic imine (C=N–C) groups is 1. The number of nitrogens with two attached hydrogens (primary N) is 1. The van der Waals surface area contributed by atoms with E-state index in [1.54, 1.807) is 6.20 Å². The Kier molecular flexibility index (Phi) is 9.90. The first-order chi connectivity index (χ1) is 25.6. The average molecular weight is 716 g/mol. The van der Waals surface area contributed by atoms with Gasteiger partial charge in [-0.05, 0) is 64.8 Å². The molecule has 0 radical (unpaired) electrons. The van der Waals surface area contributed by atoms with E-state index in [4.69, 9.17) is 15.5 Å². The van der Waals surface area contributed by atoms with Crippen molar-refractivity contribution in [3.05, 3.63) is 96.9 Å². The molecule has 274 valence electrons. The molecule has 2 aromatic heterocycles. The summed E-state index contributed by atoms with van der Waals surface area (Å²) >= 11 is 0. The SMILES string of the molecule is C=C1CC(c2ncc(-c3ccc(-c4ccc5cc(-c6cnc(C7CCCN7C(N)=NCC(NC(=O)OC)C(C)C)[nH]6)ccc5c4)cc3)[nH]2)N(C(=O)O)C1. The van der Waals surface area contributed by atoms with Gasteiger partial charge in [-0.1, -0.05) is 74.5 Å². The van der Waals surface area contributed by atoms with Gasteiger partial charge in [0.05, 0.1) is 55.6 Å². The third-order valence-corrected chi connectivity index (χ3v) is 10.3. The van der Waals surface area contributed by atoms with E-state index in [2.05, 4.69) is 85.3 Å². The summed E-state index contributed by atoms with van der Waals surface area (Å²) in [5, 5.41) is 14.7. The fourth-order valence-corrected chi connectivity index (χ4v) is 7.23. The van der Waals surface area contributed by atoms with E-state index >= 15 is 0 Å². The zero-order chi connectivity index (χ0) is 37.2. The molecule has 0 bridgehead atoms. The fraction of sp³-hybridized carbons (Fsp3) is 0.325. The van der Waals surface area contributed by atoms with Crippen molar-refractivity contribution in [2.75, 3.05) is 26.7 Å². The van der Waals surface area contributed by atoms with Crippen molar-refractivity contribution in [2.45, 2.75) is 51.2 Å². The molecular formula is C40H45N9O4. The average Bonchev–Trinajstić information content (AvgIpc) is 3.99. The summed E-state index contributed by atoms with van der Waals surface area (Å²) in [4.78, 5) is 47.7. The van der Waals surface area contributed by atoms with Crippen LogP contribution in [-0.4, -0.2) is 85.8 Å². The Balaban J connectivity index is 1.03. The lowest BCUT2D eigenvalue weighted by Gasteiger charge is -2.25. The van der Waals surface area contributed by atoms with Crippen LogP contribution in [0.4, 0.5) is 9.59 Å². The van der Waals surface area contributed by atoms with Crippen molar-refractivity contribution in [2.24, 2.45) is 16.6 Å². The minimum atomic E-state index is -0.970. The van der Waals surface area contributed by atoms with E-state index in [0.717, 1.165) is 75.2 Å². The number of carbonyl (C=O) groups is 2. The number of guanidine groups is 1. The van der Waals surface area contributed by atoms with E-state index in [1.165, 1.54) is 12.0 Å². The molecular weight excluding hydrogens is 670 g/mol. The minimum Gasteiger partial charge on any atom is -0.465 e. The maximum absolute atomic E-state index is 11.8. The second-order valence-corrected chi connectivity index (χ2v) is 14.1. The third kappa shape index (κ3) is 7.46. The van der Waals surface area contributed by atoms with Crippen LogP contribution < -0.4 is 11.1 Å². The Labute approximate surface area is 308 Å². The number of fused-ring (bicyclic) bond motifs is 1. The number of H-pyrrole nitrogens is 2. The lowest BCUT2D eigenvalue weighted by molar-refractivity contribution is 0.139. The summed E-state index contributed by atoms with van der Waals surface area (Å²) in [5.74, 6) is 2.08. The molecule has 2 amide bonds. The summed E-state index contributed by atoms with van der Waals surface area (Å²) in [6, 6.07) is 20.6. The summed E-state index contributed by atoms with van der Waals surface area (Å²) in [5.41, 5.74) is 13.3. The quantitative estimate of drug-likeness (QED) is 0.0609. The van der Waals surface area contributed by atoms with E-state index in [1.807, 2.05) is 32.2 Å². The van der Waals surface area contributed by atoms with Gasteiger partial charge in [0.1, 0.15) is 11.6 Å². The number of alkyl carbamates (subject to hydrolysis) is 1. The van der Waals surface area contributed by atoms with Crippen LogP contribution >= 0.6 is 0 Å². The maximum Gasteiger partial charge on any atom is 0.408 e. The molecule has 4 heterocycles. The van der Waals surface area contributed by atoms with Crippen LogP contribution in [0.3, 0.4) is 0 Å². The van der Waals surface area contributed by atoms with Crippen LogP contribution in [0.25, 0.3) is 44.4 Å².